The number of rotatable bonds is 9. The Morgan fingerprint density at radius 2 is 2.08 bits per heavy atom. The van der Waals surface area contributed by atoms with Gasteiger partial charge in [-0.3, -0.25) is 4.79 Å². The van der Waals surface area contributed by atoms with Gasteiger partial charge < -0.3 is 14.4 Å². The molecule has 2 aromatic rings. The van der Waals surface area contributed by atoms with E-state index < -0.39 is 0 Å². The molecule has 0 aliphatic heterocycles. The molecule has 0 fully saturated rings. The maximum atomic E-state index is 12.1. The molecule has 0 atom stereocenters. The van der Waals surface area contributed by atoms with Crippen LogP contribution >= 0.6 is 11.3 Å². The zero-order valence-electron chi connectivity index (χ0n) is 15.4. The molecular formula is C19H26N2O3S. The van der Waals surface area contributed by atoms with Gasteiger partial charge >= 0.3 is 0 Å². The number of hydrogen-bond donors (Lipinski definition) is 0. The van der Waals surface area contributed by atoms with Crippen molar-refractivity contribution in [2.45, 2.75) is 40.3 Å². The first-order chi connectivity index (χ1) is 12.0. The van der Waals surface area contributed by atoms with Crippen LogP contribution in [0.4, 0.5) is 0 Å². The summed E-state index contributed by atoms with van der Waals surface area (Å²) in [5, 5.41) is 2.89. The van der Waals surface area contributed by atoms with Gasteiger partial charge in [0.1, 0.15) is 24.0 Å². The Kier molecular flexibility index (Phi) is 7.40. The second-order valence-corrected chi connectivity index (χ2v) is 6.96. The minimum absolute atomic E-state index is 0.00900. The minimum Gasteiger partial charge on any atom is -0.486 e. The molecule has 0 aliphatic carbocycles. The van der Waals surface area contributed by atoms with Gasteiger partial charge in [0.05, 0.1) is 12.2 Å². The van der Waals surface area contributed by atoms with Crippen LogP contribution in [-0.4, -0.2) is 36.1 Å². The van der Waals surface area contributed by atoms with Crippen LogP contribution in [0.25, 0.3) is 0 Å². The summed E-state index contributed by atoms with van der Waals surface area (Å²) in [6.07, 6.45) is 0.905. The number of nitrogens with zero attached hydrogens (tertiary/aromatic N) is 2. The van der Waals surface area contributed by atoms with E-state index >= 15 is 0 Å². The predicted octanol–water partition coefficient (Wildman–Crippen LogP) is 3.72. The Balaban J connectivity index is 1.94. The number of methoxy groups -OCH3 is 1. The Morgan fingerprint density at radius 3 is 2.76 bits per heavy atom. The zero-order valence-corrected chi connectivity index (χ0v) is 16.2. The van der Waals surface area contributed by atoms with E-state index in [1.54, 1.807) is 16.2 Å². The lowest BCUT2D eigenvalue weighted by atomic mass is 10.1. The third-order valence-electron chi connectivity index (χ3n) is 3.91. The Bertz CT molecular complexity index is 700. The van der Waals surface area contributed by atoms with Crippen molar-refractivity contribution in [3.05, 3.63) is 45.4 Å². The molecule has 0 saturated carbocycles. The highest BCUT2D eigenvalue weighted by Crippen LogP contribution is 2.19. The molecule has 0 bridgehead atoms. The van der Waals surface area contributed by atoms with Gasteiger partial charge in [0.2, 0.25) is 5.91 Å². The van der Waals surface area contributed by atoms with E-state index in [1.165, 1.54) is 18.2 Å². The molecular weight excluding hydrogens is 336 g/mol. The molecule has 0 spiro atoms. The van der Waals surface area contributed by atoms with E-state index in [1.807, 2.05) is 17.5 Å². The van der Waals surface area contributed by atoms with Crippen LogP contribution in [0.3, 0.4) is 0 Å². The van der Waals surface area contributed by atoms with Gasteiger partial charge in [0.25, 0.3) is 0 Å². The van der Waals surface area contributed by atoms with Crippen LogP contribution in [0, 0.1) is 13.8 Å². The first-order valence-electron chi connectivity index (χ1n) is 8.43. The van der Waals surface area contributed by atoms with Crippen LogP contribution in [0.1, 0.15) is 35.2 Å². The predicted molar refractivity (Wildman–Crippen MR) is 99.9 cm³/mol. The van der Waals surface area contributed by atoms with Gasteiger partial charge in [-0.2, -0.15) is 0 Å². The number of ether oxygens (including phenoxy) is 2. The fourth-order valence-electron chi connectivity index (χ4n) is 2.41. The Hall–Kier alpha value is -1.92. The number of thiazole rings is 1. The largest absolute Gasteiger partial charge is 0.486 e. The van der Waals surface area contributed by atoms with Crippen molar-refractivity contribution < 1.29 is 14.3 Å². The average Bonchev–Trinajstić information content (AvgIpc) is 3.03. The highest BCUT2D eigenvalue weighted by atomic mass is 32.1. The first-order valence-corrected chi connectivity index (χ1v) is 9.31. The van der Waals surface area contributed by atoms with Crippen molar-refractivity contribution in [1.82, 2.24) is 9.88 Å². The number of benzene rings is 1. The van der Waals surface area contributed by atoms with Gasteiger partial charge in [0, 0.05) is 19.0 Å². The molecule has 1 aromatic heterocycles. The van der Waals surface area contributed by atoms with Crippen LogP contribution in [-0.2, 0) is 22.7 Å². The maximum absolute atomic E-state index is 12.1. The lowest BCUT2D eigenvalue weighted by Crippen LogP contribution is -2.34. The highest BCUT2D eigenvalue weighted by Gasteiger charge is 2.14. The monoisotopic (exact) mass is 362 g/mol. The number of aryl methyl sites for hydroxylation is 2. The van der Waals surface area contributed by atoms with E-state index in [-0.39, 0.29) is 12.5 Å². The summed E-state index contributed by atoms with van der Waals surface area (Å²) in [5.41, 5.74) is 3.35. The van der Waals surface area contributed by atoms with Gasteiger partial charge in [-0.25, -0.2) is 4.98 Å². The highest BCUT2D eigenvalue weighted by molar-refractivity contribution is 7.09. The number of aromatic nitrogens is 1. The summed E-state index contributed by atoms with van der Waals surface area (Å²) in [6, 6.07) is 6.07. The summed E-state index contributed by atoms with van der Waals surface area (Å²) in [7, 11) is 1.53. The van der Waals surface area contributed by atoms with Crippen molar-refractivity contribution >= 4 is 17.2 Å². The molecule has 25 heavy (non-hydrogen) atoms. The molecule has 0 unspecified atom stereocenters. The van der Waals surface area contributed by atoms with E-state index in [0.717, 1.165) is 22.9 Å². The van der Waals surface area contributed by atoms with Crippen molar-refractivity contribution in [1.29, 1.82) is 0 Å². The molecule has 0 radical (unpaired) electrons. The lowest BCUT2D eigenvalue weighted by Gasteiger charge is -2.20. The molecule has 5 nitrogen and oxygen atoms in total. The van der Waals surface area contributed by atoms with E-state index in [0.29, 0.717) is 19.7 Å². The summed E-state index contributed by atoms with van der Waals surface area (Å²) in [4.78, 5) is 18.4. The van der Waals surface area contributed by atoms with Crippen molar-refractivity contribution in [2.24, 2.45) is 0 Å². The fourth-order valence-corrected chi connectivity index (χ4v) is 3.11. The minimum atomic E-state index is -0.00900. The first kappa shape index (κ1) is 19.4. The van der Waals surface area contributed by atoms with Crippen LogP contribution in [0.5, 0.6) is 5.75 Å². The SMILES string of the molecule is CCCN(Cc1csc(COc2ccc(C)c(C)c2)n1)C(=O)COC. The van der Waals surface area contributed by atoms with E-state index in [9.17, 15) is 4.79 Å². The second kappa shape index (κ2) is 9.53. The van der Waals surface area contributed by atoms with Gasteiger partial charge in [-0.1, -0.05) is 13.0 Å². The van der Waals surface area contributed by atoms with Gasteiger partial charge in [-0.05, 0) is 43.5 Å². The van der Waals surface area contributed by atoms with Crippen LogP contribution in [0.2, 0.25) is 0 Å². The molecule has 1 aromatic carbocycles. The summed E-state index contributed by atoms with van der Waals surface area (Å²) in [6.45, 7) is 7.96. The molecule has 0 aliphatic rings. The molecule has 1 heterocycles. The van der Waals surface area contributed by atoms with Gasteiger partial charge in [0.15, 0.2) is 0 Å². The van der Waals surface area contributed by atoms with E-state index in [4.69, 9.17) is 9.47 Å². The quantitative estimate of drug-likeness (QED) is 0.682. The third kappa shape index (κ3) is 5.83. The van der Waals surface area contributed by atoms with Crippen LogP contribution < -0.4 is 4.74 Å². The summed E-state index contributed by atoms with van der Waals surface area (Å²) < 4.78 is 10.8. The third-order valence-corrected chi connectivity index (χ3v) is 4.78. The molecule has 0 saturated heterocycles. The number of carbonyl (C=O) groups is 1. The Morgan fingerprint density at radius 1 is 1.28 bits per heavy atom. The Labute approximate surface area is 153 Å². The number of carbonyl (C=O) groups excluding carboxylic acids is 1. The van der Waals surface area contributed by atoms with Crippen LogP contribution in [0.15, 0.2) is 23.6 Å². The summed E-state index contributed by atoms with van der Waals surface area (Å²) in [5.74, 6) is 0.841. The maximum Gasteiger partial charge on any atom is 0.248 e. The van der Waals surface area contributed by atoms with Crippen molar-refractivity contribution in [3.63, 3.8) is 0 Å². The molecule has 2 rings (SSSR count). The number of hydrogen-bond acceptors (Lipinski definition) is 5. The topological polar surface area (TPSA) is 51.7 Å². The van der Waals surface area contributed by atoms with Crippen molar-refractivity contribution in [3.8, 4) is 5.75 Å². The fraction of sp³-hybridized carbons (Fsp3) is 0.474. The number of amides is 1. The standard InChI is InChI=1S/C19H26N2O3S/c1-5-8-21(19(22)12-23-4)10-16-13-25-18(20-16)11-24-17-7-6-14(2)15(3)9-17/h6-7,9,13H,5,8,10-12H2,1-4H3. The lowest BCUT2D eigenvalue weighted by molar-refractivity contribution is -0.135. The zero-order chi connectivity index (χ0) is 18.2. The molecule has 6 heteroatoms. The molecule has 136 valence electrons. The normalized spacial score (nSPS) is 10.7. The smallest absolute Gasteiger partial charge is 0.248 e. The second-order valence-electron chi connectivity index (χ2n) is 6.02. The average molecular weight is 362 g/mol. The summed E-state index contributed by atoms with van der Waals surface area (Å²) >= 11 is 1.56. The van der Waals surface area contributed by atoms with E-state index in [2.05, 4.69) is 31.8 Å². The van der Waals surface area contributed by atoms with Gasteiger partial charge in [-0.15, -0.1) is 11.3 Å². The molecule has 0 N–H and O–H groups in total. The van der Waals surface area contributed by atoms with Crippen molar-refractivity contribution in [2.75, 3.05) is 20.3 Å². The molecule has 1 amide bonds.